The number of nitrogens with zero attached hydrogens (tertiary/aromatic N) is 2. The van der Waals surface area contributed by atoms with Crippen LogP contribution in [0.25, 0.3) is 0 Å². The Bertz CT molecular complexity index is 1080. The van der Waals surface area contributed by atoms with Crippen molar-refractivity contribution in [2.24, 2.45) is 0 Å². The van der Waals surface area contributed by atoms with Crippen LogP contribution in [-0.4, -0.2) is 50.5 Å². The Hall–Kier alpha value is -2.65. The second-order valence-electron chi connectivity index (χ2n) is 8.28. The molecule has 7 nitrogen and oxygen atoms in total. The van der Waals surface area contributed by atoms with Gasteiger partial charge in [-0.05, 0) is 61.2 Å². The molecular weight excluding hydrogens is 493 g/mol. The van der Waals surface area contributed by atoms with Crippen molar-refractivity contribution in [1.82, 2.24) is 10.2 Å². The minimum absolute atomic E-state index is 0.0400. The van der Waals surface area contributed by atoms with E-state index in [-0.39, 0.29) is 43.6 Å². The predicted molar refractivity (Wildman–Crippen MR) is 137 cm³/mol. The van der Waals surface area contributed by atoms with E-state index >= 15 is 0 Å². The van der Waals surface area contributed by atoms with E-state index in [4.69, 9.17) is 11.6 Å². The van der Waals surface area contributed by atoms with Crippen molar-refractivity contribution in [3.63, 3.8) is 0 Å². The van der Waals surface area contributed by atoms with Gasteiger partial charge in [-0.25, -0.2) is 12.8 Å². The maximum Gasteiger partial charge on any atom is 0.242 e. The molecule has 2 aromatic carbocycles. The van der Waals surface area contributed by atoms with E-state index in [0.717, 1.165) is 12.7 Å². The molecule has 0 aliphatic carbocycles. The Morgan fingerprint density at radius 3 is 2.23 bits per heavy atom. The first-order chi connectivity index (χ1) is 16.6. The molecule has 0 aliphatic heterocycles. The average Bonchev–Trinajstić information content (AvgIpc) is 2.81. The second kappa shape index (κ2) is 13.4. The molecule has 0 fully saturated rings. The number of benzene rings is 2. The van der Waals surface area contributed by atoms with Gasteiger partial charge in [0, 0.05) is 31.1 Å². The summed E-state index contributed by atoms with van der Waals surface area (Å²) in [6.45, 7) is 4.50. The lowest BCUT2D eigenvalue weighted by molar-refractivity contribution is -0.141. The number of amides is 2. The molecule has 0 unspecified atom stereocenters. The molecule has 2 rings (SSSR count). The lowest BCUT2D eigenvalue weighted by Gasteiger charge is -2.31. The molecule has 10 heteroatoms. The van der Waals surface area contributed by atoms with Crippen LogP contribution >= 0.6 is 11.6 Å². The van der Waals surface area contributed by atoms with Crippen molar-refractivity contribution >= 4 is 39.1 Å². The van der Waals surface area contributed by atoms with Gasteiger partial charge in [0.05, 0.1) is 11.9 Å². The number of anilines is 1. The Morgan fingerprint density at radius 2 is 1.69 bits per heavy atom. The van der Waals surface area contributed by atoms with E-state index in [1.807, 2.05) is 13.8 Å². The number of hydrogen-bond acceptors (Lipinski definition) is 4. The topological polar surface area (TPSA) is 86.8 Å². The van der Waals surface area contributed by atoms with Crippen LogP contribution in [0.15, 0.2) is 48.5 Å². The first kappa shape index (κ1) is 28.6. The summed E-state index contributed by atoms with van der Waals surface area (Å²) in [5.41, 5.74) is 1.15. The van der Waals surface area contributed by atoms with Crippen molar-refractivity contribution in [3.05, 3.63) is 64.9 Å². The molecule has 35 heavy (non-hydrogen) atoms. The van der Waals surface area contributed by atoms with Crippen LogP contribution in [0.3, 0.4) is 0 Å². The summed E-state index contributed by atoms with van der Waals surface area (Å²) in [6.07, 6.45) is 2.57. The monoisotopic (exact) mass is 525 g/mol. The zero-order valence-electron chi connectivity index (χ0n) is 20.3. The third-order valence-corrected chi connectivity index (χ3v) is 6.91. The summed E-state index contributed by atoms with van der Waals surface area (Å²) in [4.78, 5) is 27.6. The van der Waals surface area contributed by atoms with E-state index < -0.39 is 16.1 Å². The van der Waals surface area contributed by atoms with Crippen molar-refractivity contribution in [3.8, 4) is 0 Å². The summed E-state index contributed by atoms with van der Waals surface area (Å²) in [5, 5.41) is 3.33. The molecule has 1 N–H and O–H groups in total. The lowest BCUT2D eigenvalue weighted by atomic mass is 10.1. The molecule has 0 saturated heterocycles. The molecule has 2 aromatic rings. The highest BCUT2D eigenvalue weighted by molar-refractivity contribution is 7.92. The fraction of sp³-hybridized carbons (Fsp3) is 0.440. The highest BCUT2D eigenvalue weighted by atomic mass is 35.5. The van der Waals surface area contributed by atoms with Gasteiger partial charge in [-0.1, -0.05) is 37.6 Å². The molecule has 0 heterocycles. The summed E-state index contributed by atoms with van der Waals surface area (Å²) in [7, 11) is -3.58. The molecule has 2 amide bonds. The molecular formula is C25H33ClFN3O4S. The zero-order valence-corrected chi connectivity index (χ0v) is 21.9. The number of rotatable bonds is 13. The first-order valence-electron chi connectivity index (χ1n) is 11.6. The number of carbonyl (C=O) groups is 2. The van der Waals surface area contributed by atoms with Crippen LogP contribution in [0, 0.1) is 5.82 Å². The zero-order chi connectivity index (χ0) is 26.0. The van der Waals surface area contributed by atoms with E-state index in [9.17, 15) is 22.4 Å². The van der Waals surface area contributed by atoms with Gasteiger partial charge in [-0.3, -0.25) is 13.9 Å². The third-order valence-electron chi connectivity index (χ3n) is 5.47. The van der Waals surface area contributed by atoms with Crippen LogP contribution in [0.4, 0.5) is 10.1 Å². The van der Waals surface area contributed by atoms with E-state index in [1.54, 1.807) is 36.4 Å². The van der Waals surface area contributed by atoms with Gasteiger partial charge >= 0.3 is 0 Å². The SMILES string of the molecule is CCCNC(=O)[C@H](CC)N(Cc1ccc(F)cc1)C(=O)CCCN(c1ccc(Cl)cc1)S(C)(=O)=O. The minimum atomic E-state index is -3.58. The van der Waals surface area contributed by atoms with Crippen LogP contribution in [0.1, 0.15) is 45.1 Å². The predicted octanol–water partition coefficient (Wildman–Crippen LogP) is 4.36. The molecule has 0 saturated carbocycles. The largest absolute Gasteiger partial charge is 0.354 e. The third kappa shape index (κ3) is 8.81. The van der Waals surface area contributed by atoms with Gasteiger partial charge in [0.15, 0.2) is 0 Å². The fourth-order valence-electron chi connectivity index (χ4n) is 3.68. The summed E-state index contributed by atoms with van der Waals surface area (Å²) >= 11 is 5.92. The standard InChI is InChI=1S/C25H33ClFN3O4S/c1-4-16-28-25(32)23(5-2)29(18-19-8-12-21(27)13-9-19)24(31)7-6-17-30(35(3,33)34)22-14-10-20(26)11-15-22/h8-15,23H,4-7,16-18H2,1-3H3,(H,28,32)/t23-/m0/s1. The van der Waals surface area contributed by atoms with Crippen molar-refractivity contribution in [1.29, 1.82) is 0 Å². The van der Waals surface area contributed by atoms with Crippen molar-refractivity contribution in [2.75, 3.05) is 23.7 Å². The van der Waals surface area contributed by atoms with Crippen molar-refractivity contribution in [2.45, 2.75) is 52.1 Å². The Balaban J connectivity index is 2.18. The van der Waals surface area contributed by atoms with Crippen molar-refractivity contribution < 1.29 is 22.4 Å². The fourth-order valence-corrected chi connectivity index (χ4v) is 4.77. The molecule has 192 valence electrons. The maximum absolute atomic E-state index is 13.4. The quantitative estimate of drug-likeness (QED) is 0.421. The molecule has 0 bridgehead atoms. The molecule has 0 spiro atoms. The number of sulfonamides is 1. The normalized spacial score (nSPS) is 12.1. The smallest absolute Gasteiger partial charge is 0.242 e. The van der Waals surface area contributed by atoms with Crippen LogP contribution in [-0.2, 0) is 26.2 Å². The van der Waals surface area contributed by atoms with E-state index in [2.05, 4.69) is 5.32 Å². The average molecular weight is 526 g/mol. The summed E-state index contributed by atoms with van der Waals surface area (Å²) < 4.78 is 39.3. The van der Waals surface area contributed by atoms with Gasteiger partial charge < -0.3 is 10.2 Å². The summed E-state index contributed by atoms with van der Waals surface area (Å²) in [6, 6.07) is 11.5. The van der Waals surface area contributed by atoms with Crippen LogP contribution in [0.5, 0.6) is 0 Å². The molecule has 0 aliphatic rings. The van der Waals surface area contributed by atoms with Gasteiger partial charge in [-0.2, -0.15) is 0 Å². The van der Waals surface area contributed by atoms with E-state index in [0.29, 0.717) is 29.2 Å². The highest BCUT2D eigenvalue weighted by Crippen LogP contribution is 2.22. The number of carbonyl (C=O) groups excluding carboxylic acids is 2. The lowest BCUT2D eigenvalue weighted by Crippen LogP contribution is -2.49. The van der Waals surface area contributed by atoms with Crippen LogP contribution < -0.4 is 9.62 Å². The van der Waals surface area contributed by atoms with Gasteiger partial charge in [0.1, 0.15) is 11.9 Å². The highest BCUT2D eigenvalue weighted by Gasteiger charge is 2.28. The molecule has 0 aromatic heterocycles. The Morgan fingerprint density at radius 1 is 1.06 bits per heavy atom. The molecule has 0 radical (unpaired) electrons. The van der Waals surface area contributed by atoms with Gasteiger partial charge in [0.2, 0.25) is 21.8 Å². The number of hydrogen-bond donors (Lipinski definition) is 1. The maximum atomic E-state index is 13.4. The van der Waals surface area contributed by atoms with Gasteiger partial charge in [-0.15, -0.1) is 0 Å². The molecule has 1 atom stereocenters. The first-order valence-corrected chi connectivity index (χ1v) is 13.8. The Labute approximate surface area is 212 Å². The van der Waals surface area contributed by atoms with E-state index in [1.165, 1.54) is 21.3 Å². The second-order valence-corrected chi connectivity index (χ2v) is 10.6. The minimum Gasteiger partial charge on any atom is -0.354 e. The summed E-state index contributed by atoms with van der Waals surface area (Å²) in [5.74, 6) is -0.913. The van der Waals surface area contributed by atoms with Crippen LogP contribution in [0.2, 0.25) is 5.02 Å². The Kier molecular flexibility index (Phi) is 11.0. The van der Waals surface area contributed by atoms with Gasteiger partial charge in [0.25, 0.3) is 0 Å². The number of halogens is 2. The number of nitrogens with one attached hydrogen (secondary N) is 1.